The average Bonchev–Trinajstić information content (AvgIpc) is 3.31. The number of halogens is 1. The monoisotopic (exact) mass is 452 g/mol. The van der Waals surface area contributed by atoms with Crippen molar-refractivity contribution in [1.29, 1.82) is 0 Å². The molecule has 0 unspecified atom stereocenters. The van der Waals surface area contributed by atoms with Gasteiger partial charge in [-0.15, -0.1) is 0 Å². The molecule has 0 aliphatic heterocycles. The van der Waals surface area contributed by atoms with Gasteiger partial charge in [0, 0.05) is 19.0 Å². The first-order chi connectivity index (χ1) is 15.9. The highest BCUT2D eigenvalue weighted by Gasteiger charge is 2.19. The molecule has 172 valence electrons. The molecule has 3 aromatic rings. The minimum absolute atomic E-state index is 0.00300. The Kier molecular flexibility index (Phi) is 6.67. The van der Waals surface area contributed by atoms with Crippen molar-refractivity contribution in [3.63, 3.8) is 0 Å². The summed E-state index contributed by atoms with van der Waals surface area (Å²) in [6, 6.07) is 12.3. The van der Waals surface area contributed by atoms with E-state index in [2.05, 4.69) is 10.6 Å². The van der Waals surface area contributed by atoms with E-state index in [-0.39, 0.29) is 36.0 Å². The molecule has 1 aliphatic carbocycles. The normalized spacial score (nSPS) is 13.8. The number of para-hydroxylation sites is 2. The summed E-state index contributed by atoms with van der Waals surface area (Å²) in [7, 11) is 0. The quantitative estimate of drug-likeness (QED) is 0.575. The molecule has 1 aliphatic rings. The van der Waals surface area contributed by atoms with Gasteiger partial charge in [0.1, 0.15) is 12.4 Å². The van der Waals surface area contributed by atoms with Gasteiger partial charge in [0.25, 0.3) is 5.56 Å². The van der Waals surface area contributed by atoms with Gasteiger partial charge < -0.3 is 10.6 Å². The van der Waals surface area contributed by atoms with E-state index in [0.717, 1.165) is 30.3 Å². The van der Waals surface area contributed by atoms with Crippen LogP contribution >= 0.6 is 0 Å². The molecule has 1 saturated carbocycles. The maximum atomic E-state index is 13.9. The molecule has 2 aromatic carbocycles. The number of hydrogen-bond acceptors (Lipinski definition) is 4. The fraction of sp³-hybridized carbons (Fsp3) is 0.333. The topological polar surface area (TPSA) is 102 Å². The summed E-state index contributed by atoms with van der Waals surface area (Å²) in [5, 5.41) is 5.65. The first-order valence-corrected chi connectivity index (χ1v) is 11.0. The number of rotatable bonds is 7. The zero-order valence-corrected chi connectivity index (χ0v) is 18.1. The number of carbonyl (C=O) groups excluding carboxylic acids is 2. The van der Waals surface area contributed by atoms with Crippen LogP contribution in [0.5, 0.6) is 0 Å². The molecule has 0 spiro atoms. The molecule has 2 amide bonds. The van der Waals surface area contributed by atoms with E-state index in [9.17, 15) is 23.6 Å². The minimum atomic E-state index is -0.698. The maximum absolute atomic E-state index is 13.9. The van der Waals surface area contributed by atoms with Crippen molar-refractivity contribution >= 4 is 28.4 Å². The second-order valence-electron chi connectivity index (χ2n) is 8.17. The molecule has 9 heteroatoms. The van der Waals surface area contributed by atoms with Crippen LogP contribution in [-0.2, 0) is 22.7 Å². The van der Waals surface area contributed by atoms with Crippen LogP contribution in [0.15, 0.2) is 58.1 Å². The van der Waals surface area contributed by atoms with Gasteiger partial charge in [0.05, 0.1) is 16.6 Å². The van der Waals surface area contributed by atoms with Crippen LogP contribution in [0.25, 0.3) is 10.9 Å². The van der Waals surface area contributed by atoms with E-state index in [0.29, 0.717) is 5.52 Å². The third kappa shape index (κ3) is 5.02. The SMILES string of the molecule is O=C(Cn1c(=O)n(CCC(=O)NC2CCCC2)c(=O)c2ccccc21)Nc1ccccc1F. The van der Waals surface area contributed by atoms with E-state index in [1.165, 1.54) is 22.8 Å². The van der Waals surface area contributed by atoms with E-state index in [1.54, 1.807) is 30.3 Å². The van der Waals surface area contributed by atoms with Crippen LogP contribution in [0, 0.1) is 5.82 Å². The number of carbonyl (C=O) groups is 2. The van der Waals surface area contributed by atoms with Gasteiger partial charge in [-0.1, -0.05) is 37.1 Å². The molecule has 0 saturated heterocycles. The molecular weight excluding hydrogens is 427 g/mol. The number of anilines is 1. The summed E-state index contributed by atoms with van der Waals surface area (Å²) in [5.41, 5.74) is -0.925. The zero-order valence-electron chi connectivity index (χ0n) is 18.1. The second kappa shape index (κ2) is 9.81. The first kappa shape index (κ1) is 22.4. The smallest absolute Gasteiger partial charge is 0.331 e. The highest BCUT2D eigenvalue weighted by molar-refractivity contribution is 5.91. The molecule has 2 N–H and O–H groups in total. The summed E-state index contributed by atoms with van der Waals surface area (Å²) < 4.78 is 16.0. The van der Waals surface area contributed by atoms with Gasteiger partial charge in [-0.3, -0.25) is 23.5 Å². The van der Waals surface area contributed by atoms with Crippen molar-refractivity contribution in [3.8, 4) is 0 Å². The molecule has 1 heterocycles. The lowest BCUT2D eigenvalue weighted by atomic mass is 10.2. The van der Waals surface area contributed by atoms with Gasteiger partial charge >= 0.3 is 5.69 Å². The van der Waals surface area contributed by atoms with Crippen LogP contribution in [0.3, 0.4) is 0 Å². The highest BCUT2D eigenvalue weighted by atomic mass is 19.1. The number of nitrogens with one attached hydrogen (secondary N) is 2. The van der Waals surface area contributed by atoms with Crippen LogP contribution in [0.2, 0.25) is 0 Å². The Morgan fingerprint density at radius 1 is 0.939 bits per heavy atom. The van der Waals surface area contributed by atoms with Crippen molar-refractivity contribution in [2.45, 2.75) is 51.2 Å². The molecule has 0 bridgehead atoms. The number of fused-ring (bicyclic) bond motifs is 1. The predicted molar refractivity (Wildman–Crippen MR) is 123 cm³/mol. The van der Waals surface area contributed by atoms with Crippen molar-refractivity contribution < 1.29 is 14.0 Å². The number of benzene rings is 2. The average molecular weight is 452 g/mol. The largest absolute Gasteiger partial charge is 0.353 e. The standard InChI is InChI=1S/C24H25FN4O4/c25-18-10-4-5-11-19(18)27-22(31)15-29-20-12-6-3-9-17(20)23(32)28(24(29)33)14-13-21(30)26-16-7-1-2-8-16/h3-6,9-12,16H,1-2,7-8,13-15H2,(H,26,30)(H,27,31). The van der Waals surface area contributed by atoms with Crippen LogP contribution < -0.4 is 21.9 Å². The van der Waals surface area contributed by atoms with Crippen molar-refractivity contribution in [3.05, 3.63) is 75.2 Å². The molecule has 33 heavy (non-hydrogen) atoms. The fourth-order valence-electron chi connectivity index (χ4n) is 4.20. The van der Waals surface area contributed by atoms with E-state index < -0.39 is 29.5 Å². The van der Waals surface area contributed by atoms with E-state index in [4.69, 9.17) is 0 Å². The van der Waals surface area contributed by atoms with Crippen LogP contribution in [0.1, 0.15) is 32.1 Å². The van der Waals surface area contributed by atoms with Crippen LogP contribution in [0.4, 0.5) is 10.1 Å². The van der Waals surface area contributed by atoms with Gasteiger partial charge in [-0.2, -0.15) is 0 Å². The molecule has 1 aromatic heterocycles. The number of hydrogen-bond donors (Lipinski definition) is 2. The molecule has 0 atom stereocenters. The Morgan fingerprint density at radius 3 is 2.39 bits per heavy atom. The van der Waals surface area contributed by atoms with Crippen molar-refractivity contribution in [1.82, 2.24) is 14.5 Å². The Hall–Kier alpha value is -3.75. The lowest BCUT2D eigenvalue weighted by Crippen LogP contribution is -2.43. The minimum Gasteiger partial charge on any atom is -0.353 e. The van der Waals surface area contributed by atoms with Crippen molar-refractivity contribution in [2.75, 3.05) is 5.32 Å². The fourth-order valence-corrected chi connectivity index (χ4v) is 4.20. The third-order valence-electron chi connectivity index (χ3n) is 5.86. The maximum Gasteiger partial charge on any atom is 0.331 e. The Balaban J connectivity index is 1.60. The molecule has 1 fully saturated rings. The molecular formula is C24H25FN4O4. The summed E-state index contributed by atoms with van der Waals surface area (Å²) in [5.74, 6) is -1.43. The molecule has 0 radical (unpaired) electrons. The Morgan fingerprint density at radius 2 is 1.64 bits per heavy atom. The zero-order chi connectivity index (χ0) is 23.4. The predicted octanol–water partition coefficient (Wildman–Crippen LogP) is 2.39. The Labute approximate surface area is 189 Å². The van der Waals surface area contributed by atoms with E-state index in [1.807, 2.05) is 0 Å². The number of aromatic nitrogens is 2. The summed E-state index contributed by atoms with van der Waals surface area (Å²) in [6.45, 7) is -0.516. The Bertz CT molecular complexity index is 1310. The first-order valence-electron chi connectivity index (χ1n) is 11.0. The number of amides is 2. The molecule has 8 nitrogen and oxygen atoms in total. The lowest BCUT2D eigenvalue weighted by Gasteiger charge is -2.15. The molecule has 4 rings (SSSR count). The second-order valence-corrected chi connectivity index (χ2v) is 8.17. The van der Waals surface area contributed by atoms with Gasteiger partial charge in [-0.05, 0) is 37.1 Å². The third-order valence-corrected chi connectivity index (χ3v) is 5.86. The lowest BCUT2D eigenvalue weighted by molar-refractivity contribution is -0.122. The number of nitrogens with zero attached hydrogens (tertiary/aromatic N) is 2. The highest BCUT2D eigenvalue weighted by Crippen LogP contribution is 2.17. The van der Waals surface area contributed by atoms with E-state index >= 15 is 0 Å². The summed E-state index contributed by atoms with van der Waals surface area (Å²) >= 11 is 0. The van der Waals surface area contributed by atoms with Gasteiger partial charge in [0.2, 0.25) is 11.8 Å². The van der Waals surface area contributed by atoms with Gasteiger partial charge in [0.15, 0.2) is 0 Å². The van der Waals surface area contributed by atoms with Crippen molar-refractivity contribution in [2.24, 2.45) is 0 Å². The van der Waals surface area contributed by atoms with Gasteiger partial charge in [-0.25, -0.2) is 9.18 Å². The van der Waals surface area contributed by atoms with Crippen LogP contribution in [-0.4, -0.2) is 27.0 Å². The summed E-state index contributed by atoms with van der Waals surface area (Å²) in [4.78, 5) is 51.0. The summed E-state index contributed by atoms with van der Waals surface area (Å²) in [6.07, 6.45) is 4.01.